The first kappa shape index (κ1) is 15.4. The molecular weight excluding hydrogens is 236 g/mol. The van der Waals surface area contributed by atoms with E-state index in [1.165, 1.54) is 11.1 Å². The molecule has 0 heterocycles. The summed E-state index contributed by atoms with van der Waals surface area (Å²) in [6.07, 6.45) is -0.00664. The van der Waals surface area contributed by atoms with Crippen LogP contribution in [0.3, 0.4) is 0 Å². The molecule has 0 unspecified atom stereocenters. The summed E-state index contributed by atoms with van der Waals surface area (Å²) in [5.41, 5.74) is 2.65. The van der Waals surface area contributed by atoms with Gasteiger partial charge in [0.05, 0.1) is 19.0 Å². The van der Waals surface area contributed by atoms with Gasteiger partial charge in [0.25, 0.3) is 0 Å². The number of carbonyl (C=O) groups excluding carboxylic acids is 1. The Morgan fingerprint density at radius 1 is 1.26 bits per heavy atom. The van der Waals surface area contributed by atoms with Crippen molar-refractivity contribution in [2.45, 2.75) is 39.2 Å². The number of benzene rings is 1. The molecule has 0 spiro atoms. The molecule has 0 aliphatic carbocycles. The lowest BCUT2D eigenvalue weighted by Crippen LogP contribution is -2.25. The van der Waals surface area contributed by atoms with Crippen LogP contribution in [0.25, 0.3) is 0 Å². The van der Waals surface area contributed by atoms with Gasteiger partial charge in [0.15, 0.2) is 5.78 Å². The SMILES string of the molecule is CN(CC(=O)CC#N)Cc1ccc(C(C)(C)C)cc1. The molecule has 0 amide bonds. The van der Waals surface area contributed by atoms with Crippen molar-refractivity contribution in [3.05, 3.63) is 35.4 Å². The van der Waals surface area contributed by atoms with E-state index in [0.717, 1.165) is 6.54 Å². The summed E-state index contributed by atoms with van der Waals surface area (Å²) in [6, 6.07) is 10.4. The summed E-state index contributed by atoms with van der Waals surface area (Å²) in [7, 11) is 1.90. The molecule has 0 aliphatic rings. The highest BCUT2D eigenvalue weighted by atomic mass is 16.1. The zero-order chi connectivity index (χ0) is 14.5. The summed E-state index contributed by atoms with van der Waals surface area (Å²) in [5, 5.41) is 8.46. The van der Waals surface area contributed by atoms with Crippen LogP contribution in [-0.4, -0.2) is 24.3 Å². The largest absolute Gasteiger partial charge is 0.297 e. The molecule has 102 valence electrons. The standard InChI is InChI=1S/C16H22N2O/c1-16(2,3)14-7-5-13(6-8-14)11-18(4)12-15(19)9-10-17/h5-8H,9,11-12H2,1-4H3. The molecular formula is C16H22N2O. The maximum absolute atomic E-state index is 11.4. The summed E-state index contributed by atoms with van der Waals surface area (Å²) in [6.45, 7) is 7.62. The third kappa shape index (κ3) is 5.23. The van der Waals surface area contributed by atoms with Crippen LogP contribution >= 0.6 is 0 Å². The first-order chi connectivity index (χ1) is 8.82. The fraction of sp³-hybridized carbons (Fsp3) is 0.500. The average molecular weight is 258 g/mol. The minimum atomic E-state index is -0.0312. The Labute approximate surface area is 115 Å². The van der Waals surface area contributed by atoms with Crippen molar-refractivity contribution in [1.29, 1.82) is 5.26 Å². The molecule has 1 aromatic rings. The Hall–Kier alpha value is -1.66. The second-order valence-corrected chi connectivity index (χ2v) is 5.99. The Balaban J connectivity index is 2.59. The summed E-state index contributed by atoms with van der Waals surface area (Å²) in [5.74, 6) is -0.0312. The second kappa shape index (κ2) is 6.49. The van der Waals surface area contributed by atoms with Crippen molar-refractivity contribution >= 4 is 5.78 Å². The minimum Gasteiger partial charge on any atom is -0.297 e. The first-order valence-electron chi connectivity index (χ1n) is 6.49. The molecule has 0 saturated heterocycles. The summed E-state index contributed by atoms with van der Waals surface area (Å²) >= 11 is 0. The van der Waals surface area contributed by atoms with Crippen molar-refractivity contribution in [2.75, 3.05) is 13.6 Å². The minimum absolute atomic E-state index is 0.00664. The van der Waals surface area contributed by atoms with E-state index in [1.54, 1.807) is 0 Å². The molecule has 0 saturated carbocycles. The van der Waals surface area contributed by atoms with E-state index in [0.29, 0.717) is 6.54 Å². The van der Waals surface area contributed by atoms with Crippen molar-refractivity contribution < 1.29 is 4.79 Å². The van der Waals surface area contributed by atoms with Gasteiger partial charge in [0.1, 0.15) is 0 Å². The van der Waals surface area contributed by atoms with Crippen LogP contribution in [0.15, 0.2) is 24.3 Å². The quantitative estimate of drug-likeness (QED) is 0.815. The van der Waals surface area contributed by atoms with Gasteiger partial charge in [-0.15, -0.1) is 0 Å². The molecule has 3 nitrogen and oxygen atoms in total. The summed E-state index contributed by atoms with van der Waals surface area (Å²) < 4.78 is 0. The third-order valence-electron chi connectivity index (χ3n) is 2.99. The van der Waals surface area contributed by atoms with Crippen LogP contribution in [0.5, 0.6) is 0 Å². The molecule has 0 atom stereocenters. The van der Waals surface area contributed by atoms with Gasteiger partial charge in [-0.2, -0.15) is 5.26 Å². The Morgan fingerprint density at radius 3 is 2.32 bits per heavy atom. The van der Waals surface area contributed by atoms with E-state index in [1.807, 2.05) is 18.0 Å². The number of rotatable bonds is 5. The van der Waals surface area contributed by atoms with Crippen LogP contribution in [0, 0.1) is 11.3 Å². The predicted molar refractivity (Wildman–Crippen MR) is 76.7 cm³/mol. The molecule has 0 aliphatic heterocycles. The van der Waals surface area contributed by atoms with E-state index < -0.39 is 0 Å². The van der Waals surface area contributed by atoms with E-state index in [-0.39, 0.29) is 17.6 Å². The Bertz CT molecular complexity index is 463. The van der Waals surface area contributed by atoms with E-state index >= 15 is 0 Å². The molecule has 0 fully saturated rings. The monoisotopic (exact) mass is 258 g/mol. The van der Waals surface area contributed by atoms with E-state index in [9.17, 15) is 4.79 Å². The number of hydrogen-bond acceptors (Lipinski definition) is 3. The Kier molecular flexibility index (Phi) is 5.26. The zero-order valence-corrected chi connectivity index (χ0v) is 12.2. The lowest BCUT2D eigenvalue weighted by molar-refractivity contribution is -0.119. The van der Waals surface area contributed by atoms with Crippen LogP contribution in [0.4, 0.5) is 0 Å². The molecule has 0 radical (unpaired) electrons. The van der Waals surface area contributed by atoms with E-state index in [2.05, 4.69) is 45.0 Å². The van der Waals surface area contributed by atoms with Gasteiger partial charge in [-0.25, -0.2) is 0 Å². The molecule has 0 N–H and O–H groups in total. The van der Waals surface area contributed by atoms with Crippen LogP contribution < -0.4 is 0 Å². The van der Waals surface area contributed by atoms with Crippen molar-refractivity contribution in [1.82, 2.24) is 4.90 Å². The highest BCUT2D eigenvalue weighted by Gasteiger charge is 2.13. The number of carbonyl (C=O) groups is 1. The van der Waals surface area contributed by atoms with Gasteiger partial charge < -0.3 is 0 Å². The number of nitrogens with zero attached hydrogens (tertiary/aromatic N) is 2. The fourth-order valence-electron chi connectivity index (χ4n) is 1.92. The molecule has 19 heavy (non-hydrogen) atoms. The number of hydrogen-bond donors (Lipinski definition) is 0. The number of nitriles is 1. The topological polar surface area (TPSA) is 44.1 Å². The van der Waals surface area contributed by atoms with Crippen LogP contribution in [-0.2, 0) is 16.8 Å². The van der Waals surface area contributed by atoms with Crippen molar-refractivity contribution in [2.24, 2.45) is 0 Å². The lowest BCUT2D eigenvalue weighted by atomic mass is 9.87. The maximum Gasteiger partial charge on any atom is 0.160 e. The zero-order valence-electron chi connectivity index (χ0n) is 12.2. The molecule has 1 aromatic carbocycles. The van der Waals surface area contributed by atoms with Gasteiger partial charge in [0, 0.05) is 6.54 Å². The summed E-state index contributed by atoms with van der Waals surface area (Å²) in [4.78, 5) is 13.3. The number of Topliss-reactive ketones (excluding diaryl/α,β-unsaturated/α-hetero) is 1. The van der Waals surface area contributed by atoms with Gasteiger partial charge in [-0.1, -0.05) is 45.0 Å². The molecule has 0 bridgehead atoms. The van der Waals surface area contributed by atoms with Crippen LogP contribution in [0.1, 0.15) is 38.3 Å². The first-order valence-corrected chi connectivity index (χ1v) is 6.49. The van der Waals surface area contributed by atoms with Crippen LogP contribution in [0.2, 0.25) is 0 Å². The number of likely N-dealkylation sites (N-methyl/N-ethyl adjacent to an activating group) is 1. The van der Waals surface area contributed by atoms with Gasteiger partial charge >= 0.3 is 0 Å². The normalized spacial score (nSPS) is 11.4. The molecule has 1 rings (SSSR count). The van der Waals surface area contributed by atoms with Crippen molar-refractivity contribution in [3.63, 3.8) is 0 Å². The van der Waals surface area contributed by atoms with Crippen molar-refractivity contribution in [3.8, 4) is 6.07 Å². The second-order valence-electron chi connectivity index (χ2n) is 5.99. The van der Waals surface area contributed by atoms with Gasteiger partial charge in [-0.05, 0) is 23.6 Å². The van der Waals surface area contributed by atoms with Gasteiger partial charge in [-0.3, -0.25) is 9.69 Å². The van der Waals surface area contributed by atoms with Gasteiger partial charge in [0.2, 0.25) is 0 Å². The smallest absolute Gasteiger partial charge is 0.160 e. The Morgan fingerprint density at radius 2 is 1.84 bits per heavy atom. The molecule has 3 heteroatoms. The fourth-order valence-corrected chi connectivity index (χ4v) is 1.92. The predicted octanol–water partition coefficient (Wildman–Crippen LogP) is 2.90. The third-order valence-corrected chi connectivity index (χ3v) is 2.99. The average Bonchev–Trinajstić information content (AvgIpc) is 2.28. The van der Waals surface area contributed by atoms with E-state index in [4.69, 9.17) is 5.26 Å². The highest BCUT2D eigenvalue weighted by Crippen LogP contribution is 2.22. The lowest BCUT2D eigenvalue weighted by Gasteiger charge is -2.20. The molecule has 0 aromatic heterocycles. The number of ketones is 1. The maximum atomic E-state index is 11.4. The highest BCUT2D eigenvalue weighted by molar-refractivity contribution is 5.82.